The first-order chi connectivity index (χ1) is 7.15. The third-order valence-corrected chi connectivity index (χ3v) is 3.74. The fraction of sp³-hybridized carbons (Fsp3) is 0.571. The first-order valence-electron chi connectivity index (χ1n) is 5.97. The lowest BCUT2D eigenvalue weighted by molar-refractivity contribution is 0.277. The number of nitrogens with one attached hydrogen (secondary N) is 1. The highest BCUT2D eigenvalue weighted by Crippen LogP contribution is 2.37. The Morgan fingerprint density at radius 2 is 1.87 bits per heavy atom. The van der Waals surface area contributed by atoms with E-state index in [1.54, 1.807) is 0 Å². The normalized spacial score (nSPS) is 26.1. The Labute approximate surface area is 92.9 Å². The summed E-state index contributed by atoms with van der Waals surface area (Å²) in [4.78, 5) is 0. The van der Waals surface area contributed by atoms with Gasteiger partial charge in [0.1, 0.15) is 0 Å². The van der Waals surface area contributed by atoms with Crippen LogP contribution in [-0.2, 0) is 5.54 Å². The van der Waals surface area contributed by atoms with Crippen molar-refractivity contribution < 1.29 is 0 Å². The number of hydrogen-bond acceptors (Lipinski definition) is 1. The molecule has 1 N–H and O–H groups in total. The molecule has 0 spiro atoms. The first kappa shape index (κ1) is 10.7. The molecule has 1 unspecified atom stereocenters. The van der Waals surface area contributed by atoms with Crippen molar-refractivity contribution in [3.63, 3.8) is 0 Å². The van der Waals surface area contributed by atoms with Gasteiger partial charge in [-0.15, -0.1) is 0 Å². The van der Waals surface area contributed by atoms with Crippen molar-refractivity contribution in [2.24, 2.45) is 5.92 Å². The van der Waals surface area contributed by atoms with Gasteiger partial charge in [-0.05, 0) is 37.8 Å². The van der Waals surface area contributed by atoms with Gasteiger partial charge in [0, 0.05) is 5.54 Å². The van der Waals surface area contributed by atoms with E-state index in [4.69, 9.17) is 0 Å². The molecule has 1 nitrogen and oxygen atoms in total. The number of benzene rings is 1. The van der Waals surface area contributed by atoms with Gasteiger partial charge in [0.05, 0.1) is 0 Å². The molecule has 1 heteroatoms. The van der Waals surface area contributed by atoms with Gasteiger partial charge in [0.15, 0.2) is 0 Å². The molecule has 0 aliphatic carbocycles. The van der Waals surface area contributed by atoms with Gasteiger partial charge >= 0.3 is 0 Å². The minimum atomic E-state index is 0.230. The molecular weight excluding hydrogens is 182 g/mol. The van der Waals surface area contributed by atoms with E-state index in [-0.39, 0.29) is 5.54 Å². The van der Waals surface area contributed by atoms with Crippen LogP contribution in [0.1, 0.15) is 37.8 Å². The Hall–Kier alpha value is -0.820. The van der Waals surface area contributed by atoms with Crippen LogP contribution in [0.5, 0.6) is 0 Å². The lowest BCUT2D eigenvalue weighted by Crippen LogP contribution is -2.41. The Balaban J connectivity index is 2.36. The van der Waals surface area contributed by atoms with Crippen molar-refractivity contribution in [2.45, 2.75) is 39.2 Å². The van der Waals surface area contributed by atoms with Gasteiger partial charge in [0.2, 0.25) is 0 Å². The van der Waals surface area contributed by atoms with Crippen LogP contribution in [0.3, 0.4) is 0 Å². The van der Waals surface area contributed by atoms with Gasteiger partial charge in [-0.1, -0.05) is 43.7 Å². The number of rotatable bonds is 2. The van der Waals surface area contributed by atoms with E-state index in [2.05, 4.69) is 50.4 Å². The average Bonchev–Trinajstić information content (AvgIpc) is 2.69. The maximum Gasteiger partial charge on any atom is 0.0458 e. The number of hydrogen-bond donors (Lipinski definition) is 1. The quantitative estimate of drug-likeness (QED) is 0.778. The summed E-state index contributed by atoms with van der Waals surface area (Å²) in [5.74, 6) is 0.655. The molecule has 1 atom stereocenters. The number of aryl methyl sites for hydroxylation is 1. The van der Waals surface area contributed by atoms with Crippen LogP contribution in [0.25, 0.3) is 0 Å². The molecule has 0 bridgehead atoms. The van der Waals surface area contributed by atoms with Gasteiger partial charge in [-0.2, -0.15) is 0 Å². The lowest BCUT2D eigenvalue weighted by Gasteiger charge is -2.34. The highest BCUT2D eigenvalue weighted by atomic mass is 15.0. The summed E-state index contributed by atoms with van der Waals surface area (Å²) in [6.07, 6.45) is 2.57. The predicted octanol–water partition coefficient (Wildman–Crippen LogP) is 3.23. The van der Waals surface area contributed by atoms with E-state index in [9.17, 15) is 0 Å². The predicted molar refractivity (Wildman–Crippen MR) is 64.9 cm³/mol. The van der Waals surface area contributed by atoms with Crippen molar-refractivity contribution in [1.82, 2.24) is 5.32 Å². The second kappa shape index (κ2) is 3.97. The Morgan fingerprint density at radius 1 is 1.20 bits per heavy atom. The molecule has 82 valence electrons. The fourth-order valence-corrected chi connectivity index (χ4v) is 2.69. The molecule has 15 heavy (non-hydrogen) atoms. The molecule has 0 amide bonds. The second-order valence-electron chi connectivity index (χ2n) is 5.02. The fourth-order valence-electron chi connectivity index (χ4n) is 2.69. The summed E-state index contributed by atoms with van der Waals surface area (Å²) >= 11 is 0. The van der Waals surface area contributed by atoms with Gasteiger partial charge in [-0.3, -0.25) is 0 Å². The van der Waals surface area contributed by atoms with Crippen molar-refractivity contribution in [1.29, 1.82) is 0 Å². The standard InChI is InChI=1S/C14H21N/c1-11(2)14(9-4-10-15-14)13-7-5-12(3)6-8-13/h5-8,11,15H,4,9-10H2,1-3H3. The smallest absolute Gasteiger partial charge is 0.0458 e. The SMILES string of the molecule is Cc1ccc(C2(C(C)C)CCCN2)cc1. The van der Waals surface area contributed by atoms with Gasteiger partial charge < -0.3 is 5.32 Å². The summed E-state index contributed by atoms with van der Waals surface area (Å²) in [5, 5.41) is 3.71. The van der Waals surface area contributed by atoms with Crippen molar-refractivity contribution in [3.8, 4) is 0 Å². The Kier molecular flexibility index (Phi) is 2.83. The molecule has 1 fully saturated rings. The lowest BCUT2D eigenvalue weighted by atomic mass is 9.78. The highest BCUT2D eigenvalue weighted by Gasteiger charge is 2.37. The molecule has 1 aromatic rings. The minimum Gasteiger partial charge on any atom is -0.307 e. The first-order valence-corrected chi connectivity index (χ1v) is 5.97. The van der Waals surface area contributed by atoms with Crippen LogP contribution < -0.4 is 5.32 Å². The molecule has 1 aliphatic heterocycles. The zero-order chi connectivity index (χ0) is 10.9. The highest BCUT2D eigenvalue weighted by molar-refractivity contribution is 5.29. The largest absolute Gasteiger partial charge is 0.307 e. The summed E-state index contributed by atoms with van der Waals surface area (Å²) in [6, 6.07) is 9.01. The second-order valence-corrected chi connectivity index (χ2v) is 5.02. The average molecular weight is 203 g/mol. The van der Waals surface area contributed by atoms with Crippen molar-refractivity contribution >= 4 is 0 Å². The maximum atomic E-state index is 3.71. The summed E-state index contributed by atoms with van der Waals surface area (Å²) in [6.45, 7) is 7.94. The molecule has 2 rings (SSSR count). The third-order valence-electron chi connectivity index (χ3n) is 3.74. The molecule has 0 aromatic heterocycles. The summed E-state index contributed by atoms with van der Waals surface area (Å²) in [7, 11) is 0. The van der Waals surface area contributed by atoms with E-state index >= 15 is 0 Å². The zero-order valence-electron chi connectivity index (χ0n) is 10.0. The van der Waals surface area contributed by atoms with Gasteiger partial charge in [0.25, 0.3) is 0 Å². The minimum absolute atomic E-state index is 0.230. The van der Waals surface area contributed by atoms with Gasteiger partial charge in [-0.25, -0.2) is 0 Å². The molecule has 1 aromatic carbocycles. The van der Waals surface area contributed by atoms with E-state index in [0.717, 1.165) is 6.54 Å². The van der Waals surface area contributed by atoms with E-state index in [1.165, 1.54) is 24.0 Å². The Morgan fingerprint density at radius 3 is 2.33 bits per heavy atom. The summed E-state index contributed by atoms with van der Waals surface area (Å²) < 4.78 is 0. The van der Waals surface area contributed by atoms with Crippen LogP contribution in [0.15, 0.2) is 24.3 Å². The molecule has 1 heterocycles. The van der Waals surface area contributed by atoms with Crippen LogP contribution in [0.2, 0.25) is 0 Å². The van der Waals surface area contributed by atoms with E-state index in [0.29, 0.717) is 5.92 Å². The third kappa shape index (κ3) is 1.81. The van der Waals surface area contributed by atoms with Crippen molar-refractivity contribution in [2.75, 3.05) is 6.54 Å². The molecular formula is C14H21N. The van der Waals surface area contributed by atoms with E-state index in [1.807, 2.05) is 0 Å². The monoisotopic (exact) mass is 203 g/mol. The molecule has 1 aliphatic rings. The molecule has 1 saturated heterocycles. The topological polar surface area (TPSA) is 12.0 Å². The van der Waals surface area contributed by atoms with E-state index < -0.39 is 0 Å². The van der Waals surface area contributed by atoms with Crippen LogP contribution in [0, 0.1) is 12.8 Å². The van der Waals surface area contributed by atoms with Crippen LogP contribution >= 0.6 is 0 Å². The maximum absolute atomic E-state index is 3.71. The Bertz CT molecular complexity index is 318. The van der Waals surface area contributed by atoms with Crippen LogP contribution in [0.4, 0.5) is 0 Å². The molecule has 0 radical (unpaired) electrons. The van der Waals surface area contributed by atoms with Crippen molar-refractivity contribution in [3.05, 3.63) is 35.4 Å². The molecule has 0 saturated carbocycles. The van der Waals surface area contributed by atoms with Crippen LogP contribution in [-0.4, -0.2) is 6.54 Å². The summed E-state index contributed by atoms with van der Waals surface area (Å²) in [5.41, 5.74) is 3.03. The zero-order valence-corrected chi connectivity index (χ0v) is 10.0.